The number of nitriles is 1. The molecule has 1 atom stereocenters. The normalized spacial score (nSPS) is 15.0. The van der Waals surface area contributed by atoms with E-state index in [9.17, 15) is 5.26 Å². The Hall–Kier alpha value is -3.20. The van der Waals surface area contributed by atoms with Gasteiger partial charge in [-0.05, 0) is 73.4 Å². The molecule has 0 unspecified atom stereocenters. The lowest BCUT2D eigenvalue weighted by atomic mass is 9.95. The van der Waals surface area contributed by atoms with Gasteiger partial charge in [0.25, 0.3) is 0 Å². The van der Waals surface area contributed by atoms with E-state index in [1.165, 1.54) is 11.3 Å². The summed E-state index contributed by atoms with van der Waals surface area (Å²) < 4.78 is 1.90. The summed E-state index contributed by atoms with van der Waals surface area (Å²) in [6, 6.07) is 18.4. The van der Waals surface area contributed by atoms with Gasteiger partial charge in [0.05, 0.1) is 17.2 Å². The number of tetrazole rings is 1. The molecule has 2 heterocycles. The van der Waals surface area contributed by atoms with Crippen LogP contribution in [0.1, 0.15) is 55.7 Å². The van der Waals surface area contributed by atoms with Crippen LogP contribution >= 0.6 is 0 Å². The minimum atomic E-state index is -0.251. The number of aryl methyl sites for hydroxylation is 1. The van der Waals surface area contributed by atoms with Crippen LogP contribution < -0.4 is 4.90 Å². The quantitative estimate of drug-likeness (QED) is 0.698. The molecule has 4 rings (SSSR count). The second-order valence-corrected chi connectivity index (χ2v) is 8.19. The molecule has 0 radical (unpaired) electrons. The number of fused-ring (bicyclic) bond motifs is 1. The molecule has 1 aromatic heterocycles. The SMILES string of the molecule is CC(C)(C)n1nnnc1[C@@H](c1cccc(C#N)c1)N1CCCc2ccccc21. The number of rotatable bonds is 3. The molecule has 0 spiro atoms. The van der Waals surface area contributed by atoms with Crippen molar-refractivity contribution in [3.05, 3.63) is 71.0 Å². The molecule has 2 aromatic carbocycles. The third kappa shape index (κ3) is 3.24. The Bertz CT molecular complexity index is 1020. The van der Waals surface area contributed by atoms with Crippen LogP contribution in [0, 0.1) is 11.3 Å². The lowest BCUT2D eigenvalue weighted by Gasteiger charge is -2.38. The topological polar surface area (TPSA) is 70.6 Å². The van der Waals surface area contributed by atoms with Crippen LogP contribution in [0.15, 0.2) is 48.5 Å². The highest BCUT2D eigenvalue weighted by atomic mass is 15.6. The van der Waals surface area contributed by atoms with Crippen molar-refractivity contribution in [3.8, 4) is 6.07 Å². The van der Waals surface area contributed by atoms with Crippen molar-refractivity contribution in [1.82, 2.24) is 20.2 Å². The molecule has 0 aliphatic carbocycles. The van der Waals surface area contributed by atoms with Crippen molar-refractivity contribution in [3.63, 3.8) is 0 Å². The zero-order valence-electron chi connectivity index (χ0n) is 16.5. The van der Waals surface area contributed by atoms with E-state index < -0.39 is 0 Å². The number of nitrogens with zero attached hydrogens (tertiary/aromatic N) is 6. The van der Waals surface area contributed by atoms with E-state index in [2.05, 4.69) is 77.6 Å². The molecule has 6 heteroatoms. The number of hydrogen-bond acceptors (Lipinski definition) is 5. The van der Waals surface area contributed by atoms with E-state index in [1.807, 2.05) is 22.9 Å². The fourth-order valence-electron chi connectivity index (χ4n) is 3.92. The van der Waals surface area contributed by atoms with Crippen molar-refractivity contribution in [2.24, 2.45) is 0 Å². The first-order chi connectivity index (χ1) is 13.5. The first-order valence-corrected chi connectivity index (χ1v) is 9.62. The second-order valence-electron chi connectivity index (χ2n) is 8.19. The molecule has 6 nitrogen and oxygen atoms in total. The zero-order valence-corrected chi connectivity index (χ0v) is 16.5. The largest absolute Gasteiger partial charge is 0.357 e. The smallest absolute Gasteiger partial charge is 0.178 e. The summed E-state index contributed by atoms with van der Waals surface area (Å²) in [4.78, 5) is 2.38. The molecule has 28 heavy (non-hydrogen) atoms. The molecule has 0 saturated carbocycles. The van der Waals surface area contributed by atoms with E-state index in [4.69, 9.17) is 0 Å². The van der Waals surface area contributed by atoms with Gasteiger partial charge in [-0.25, -0.2) is 4.68 Å². The maximum atomic E-state index is 9.42. The Balaban J connectivity index is 1.91. The number of anilines is 1. The molecule has 142 valence electrons. The Kier molecular flexibility index (Phi) is 4.60. The van der Waals surface area contributed by atoms with Gasteiger partial charge in [-0.15, -0.1) is 5.10 Å². The first-order valence-electron chi connectivity index (χ1n) is 9.62. The summed E-state index contributed by atoms with van der Waals surface area (Å²) in [5.74, 6) is 0.791. The molecule has 1 aliphatic heterocycles. The molecular weight excluding hydrogens is 348 g/mol. The predicted octanol–water partition coefficient (Wildman–Crippen LogP) is 3.84. The van der Waals surface area contributed by atoms with Gasteiger partial charge in [-0.1, -0.05) is 30.3 Å². The van der Waals surface area contributed by atoms with Crippen LogP contribution in [-0.4, -0.2) is 26.8 Å². The molecule has 1 aliphatic rings. The van der Waals surface area contributed by atoms with Gasteiger partial charge in [0.2, 0.25) is 0 Å². The monoisotopic (exact) mass is 372 g/mol. The van der Waals surface area contributed by atoms with Crippen molar-refractivity contribution in [2.75, 3.05) is 11.4 Å². The number of hydrogen-bond donors (Lipinski definition) is 0. The van der Waals surface area contributed by atoms with E-state index in [0.29, 0.717) is 5.56 Å². The van der Waals surface area contributed by atoms with Crippen LogP contribution in [0.25, 0.3) is 0 Å². The number of benzene rings is 2. The lowest BCUT2D eigenvalue weighted by molar-refractivity contribution is 0.329. The van der Waals surface area contributed by atoms with Gasteiger partial charge in [0.1, 0.15) is 6.04 Å². The van der Waals surface area contributed by atoms with Gasteiger partial charge in [-0.2, -0.15) is 5.26 Å². The van der Waals surface area contributed by atoms with Crippen LogP contribution in [-0.2, 0) is 12.0 Å². The van der Waals surface area contributed by atoms with Crippen LogP contribution in [0.4, 0.5) is 5.69 Å². The minimum absolute atomic E-state index is 0.163. The fraction of sp³-hybridized carbons (Fsp3) is 0.364. The molecule has 0 bridgehead atoms. The standard InChI is InChI=1S/C22H24N6/c1-22(2,3)28-21(24-25-26-28)20(18-10-6-8-16(14-18)15-23)27-13-7-11-17-9-4-5-12-19(17)27/h4-6,8-10,12,14,20H,7,11,13H2,1-3H3/t20-/m1/s1. The molecule has 0 amide bonds. The van der Waals surface area contributed by atoms with Crippen LogP contribution in [0.3, 0.4) is 0 Å². The maximum absolute atomic E-state index is 9.42. The van der Waals surface area contributed by atoms with E-state index >= 15 is 0 Å². The summed E-state index contributed by atoms with van der Waals surface area (Å²) in [6.45, 7) is 7.20. The van der Waals surface area contributed by atoms with Gasteiger partial charge in [-0.3, -0.25) is 0 Å². The minimum Gasteiger partial charge on any atom is -0.357 e. The van der Waals surface area contributed by atoms with E-state index in [0.717, 1.165) is 30.8 Å². The highest BCUT2D eigenvalue weighted by Crippen LogP contribution is 2.38. The third-order valence-electron chi connectivity index (χ3n) is 5.16. The molecule has 3 aromatic rings. The summed E-state index contributed by atoms with van der Waals surface area (Å²) >= 11 is 0. The average Bonchev–Trinajstić information content (AvgIpc) is 3.18. The average molecular weight is 372 g/mol. The highest BCUT2D eigenvalue weighted by molar-refractivity contribution is 5.58. The molecule has 0 saturated heterocycles. The highest BCUT2D eigenvalue weighted by Gasteiger charge is 2.33. The van der Waals surface area contributed by atoms with E-state index in [-0.39, 0.29) is 11.6 Å². The Morgan fingerprint density at radius 1 is 1.11 bits per heavy atom. The first kappa shape index (κ1) is 18.2. The summed E-state index contributed by atoms with van der Waals surface area (Å²) in [6.07, 6.45) is 2.14. The maximum Gasteiger partial charge on any atom is 0.178 e. The van der Waals surface area contributed by atoms with Crippen molar-refractivity contribution >= 4 is 5.69 Å². The van der Waals surface area contributed by atoms with Crippen molar-refractivity contribution in [2.45, 2.75) is 45.2 Å². The van der Waals surface area contributed by atoms with Gasteiger partial charge in [0.15, 0.2) is 5.82 Å². The molecule has 0 fully saturated rings. The number of para-hydroxylation sites is 1. The van der Waals surface area contributed by atoms with Gasteiger partial charge in [0, 0.05) is 12.2 Å². The predicted molar refractivity (Wildman–Crippen MR) is 108 cm³/mol. The Labute approximate surface area is 165 Å². The van der Waals surface area contributed by atoms with Gasteiger partial charge >= 0.3 is 0 Å². The molecular formula is C22H24N6. The summed E-state index contributed by atoms with van der Waals surface area (Å²) in [5.41, 5.74) is 3.97. The summed E-state index contributed by atoms with van der Waals surface area (Å²) in [5, 5.41) is 22.1. The van der Waals surface area contributed by atoms with Crippen LogP contribution in [0.5, 0.6) is 0 Å². The fourth-order valence-corrected chi connectivity index (χ4v) is 3.92. The van der Waals surface area contributed by atoms with Gasteiger partial charge < -0.3 is 4.90 Å². The Morgan fingerprint density at radius 3 is 2.71 bits per heavy atom. The second kappa shape index (κ2) is 7.08. The van der Waals surface area contributed by atoms with Crippen molar-refractivity contribution in [1.29, 1.82) is 5.26 Å². The summed E-state index contributed by atoms with van der Waals surface area (Å²) in [7, 11) is 0. The van der Waals surface area contributed by atoms with E-state index in [1.54, 1.807) is 0 Å². The lowest BCUT2D eigenvalue weighted by Crippen LogP contribution is -2.38. The zero-order chi connectivity index (χ0) is 19.7. The third-order valence-corrected chi connectivity index (χ3v) is 5.16. The van der Waals surface area contributed by atoms with Crippen molar-refractivity contribution < 1.29 is 0 Å². The molecule has 0 N–H and O–H groups in total. The number of aromatic nitrogens is 4. The van der Waals surface area contributed by atoms with Crippen LogP contribution in [0.2, 0.25) is 0 Å². The Morgan fingerprint density at radius 2 is 1.93 bits per heavy atom.